The Balaban J connectivity index is 3.55. The van der Waals surface area contributed by atoms with Crippen LogP contribution in [0.2, 0.25) is 0 Å². The molecule has 0 unspecified atom stereocenters. The van der Waals surface area contributed by atoms with E-state index in [9.17, 15) is 4.79 Å². The molecule has 0 spiro atoms. The van der Waals surface area contributed by atoms with Crippen LogP contribution in [-0.2, 0) is 4.74 Å². The van der Waals surface area contributed by atoms with Crippen LogP contribution in [0, 0.1) is 0 Å². The van der Waals surface area contributed by atoms with Gasteiger partial charge >= 0.3 is 67.1 Å². The van der Waals surface area contributed by atoms with Gasteiger partial charge in [-0.05, 0) is 0 Å². The van der Waals surface area contributed by atoms with Crippen molar-refractivity contribution in [3.05, 3.63) is 0 Å². The summed E-state index contributed by atoms with van der Waals surface area (Å²) in [6.07, 6.45) is 0. The predicted molar refractivity (Wildman–Crippen MR) is 32.0 cm³/mol. The van der Waals surface area contributed by atoms with Crippen LogP contribution in [0.3, 0.4) is 0 Å². The summed E-state index contributed by atoms with van der Waals surface area (Å²) in [5.74, 6) is 0. The first-order chi connectivity index (χ1) is 3.42. The Kier molecular flexibility index (Phi) is 3.02. The summed E-state index contributed by atoms with van der Waals surface area (Å²) in [5.41, 5.74) is -0.293. The van der Waals surface area contributed by atoms with Crippen molar-refractivity contribution in [3.63, 3.8) is 0 Å². The molecule has 0 N–H and O–H groups in total. The van der Waals surface area contributed by atoms with E-state index in [0.717, 1.165) is 0 Å². The van der Waals surface area contributed by atoms with Gasteiger partial charge in [-0.3, -0.25) is 0 Å². The van der Waals surface area contributed by atoms with E-state index in [2.05, 4.69) is 0 Å². The molecular formula is C5H9NaO2. The average Bonchev–Trinajstić information content (AvgIpc) is 1.21. The molecule has 3 heteroatoms. The van der Waals surface area contributed by atoms with Gasteiger partial charge in [0.05, 0.1) is 0 Å². The van der Waals surface area contributed by atoms with Crippen molar-refractivity contribution >= 4 is 31.1 Å². The fraction of sp³-hybridized carbons (Fsp3) is 0.800. The SMILES string of the molecule is CC(C)(C)O[C](=O)[Na]. The van der Waals surface area contributed by atoms with Gasteiger partial charge in [-0.1, -0.05) is 0 Å². The van der Waals surface area contributed by atoms with Crippen LogP contribution in [-0.4, -0.2) is 36.8 Å². The molecule has 0 radical (unpaired) electrons. The summed E-state index contributed by atoms with van der Waals surface area (Å²) in [6.45, 7) is 5.59. The molecule has 0 bridgehead atoms. The Morgan fingerprint density at radius 1 is 1.50 bits per heavy atom. The van der Waals surface area contributed by atoms with Crippen LogP contribution in [0.5, 0.6) is 0 Å². The fourth-order valence-corrected chi connectivity index (χ4v) is 1.04. The van der Waals surface area contributed by atoms with Crippen LogP contribution in [0.4, 0.5) is 4.79 Å². The molecule has 0 aromatic carbocycles. The third-order valence-electron chi connectivity index (χ3n) is 0.450. The first kappa shape index (κ1) is 8.47. The monoisotopic (exact) mass is 124 g/mol. The molecule has 2 nitrogen and oxygen atoms in total. The maximum atomic E-state index is 10.3. The van der Waals surface area contributed by atoms with Gasteiger partial charge in [0.2, 0.25) is 0 Å². The van der Waals surface area contributed by atoms with Crippen molar-refractivity contribution in [1.82, 2.24) is 0 Å². The van der Waals surface area contributed by atoms with Crippen molar-refractivity contribution in [2.45, 2.75) is 26.4 Å². The number of carbonyl (C=O) groups excluding carboxylic acids is 1. The van der Waals surface area contributed by atoms with Crippen molar-refractivity contribution < 1.29 is 9.53 Å². The average molecular weight is 124 g/mol. The van der Waals surface area contributed by atoms with Gasteiger partial charge in [0.1, 0.15) is 0 Å². The Morgan fingerprint density at radius 3 is 1.88 bits per heavy atom. The van der Waals surface area contributed by atoms with E-state index < -0.39 is 0 Å². The van der Waals surface area contributed by atoms with Gasteiger partial charge in [-0.15, -0.1) is 0 Å². The molecule has 0 aliphatic carbocycles. The zero-order valence-corrected chi connectivity index (χ0v) is 7.82. The molecule has 0 aliphatic heterocycles. The minimum atomic E-state index is -0.293. The third kappa shape index (κ3) is 6.47. The molecule has 0 heterocycles. The van der Waals surface area contributed by atoms with Gasteiger partial charge in [-0.25, -0.2) is 0 Å². The first-order valence-corrected chi connectivity index (χ1v) is 3.61. The molecule has 0 atom stereocenters. The molecule has 0 saturated heterocycles. The molecule has 0 aliphatic rings. The summed E-state index contributed by atoms with van der Waals surface area (Å²) in [6, 6.07) is 0. The number of carbonyl (C=O) groups is 1. The Morgan fingerprint density at radius 2 is 1.88 bits per heavy atom. The zero-order valence-electron chi connectivity index (χ0n) is 5.82. The molecule has 0 amide bonds. The predicted octanol–water partition coefficient (Wildman–Crippen LogP) is 1.09. The molecule has 0 fully saturated rings. The summed E-state index contributed by atoms with van der Waals surface area (Å²) >= 11 is 0.489. The normalized spacial score (nSPS) is 11.1. The van der Waals surface area contributed by atoms with E-state index in [-0.39, 0.29) is 8.82 Å². The standard InChI is InChI=1S/C5H9O2.Na/c1-5(2,3)7-4-6;/h1-3H3;. The summed E-state index contributed by atoms with van der Waals surface area (Å²) in [4.78, 5) is 10.3. The molecule has 0 saturated carbocycles. The Bertz CT molecular complexity index is 93.1. The number of rotatable bonds is 0. The van der Waals surface area contributed by atoms with Gasteiger partial charge in [0, 0.05) is 0 Å². The quantitative estimate of drug-likeness (QED) is 0.452. The van der Waals surface area contributed by atoms with Gasteiger partial charge < -0.3 is 0 Å². The first-order valence-electron chi connectivity index (χ1n) is 2.61. The number of ether oxygens (including phenoxy) is 1. The molecule has 0 aromatic rings. The summed E-state index contributed by atoms with van der Waals surface area (Å²) in [7, 11) is 0. The third-order valence-corrected chi connectivity index (χ3v) is 0.654. The van der Waals surface area contributed by atoms with E-state index >= 15 is 0 Å². The van der Waals surface area contributed by atoms with E-state index in [4.69, 9.17) is 4.74 Å². The second-order valence-electron chi connectivity index (χ2n) is 2.71. The topological polar surface area (TPSA) is 26.3 Å². The van der Waals surface area contributed by atoms with Gasteiger partial charge in [0.15, 0.2) is 0 Å². The molecule has 0 rings (SSSR count). The molecular weight excluding hydrogens is 115 g/mol. The van der Waals surface area contributed by atoms with E-state index in [1.807, 2.05) is 20.8 Å². The van der Waals surface area contributed by atoms with Crippen LogP contribution in [0.1, 0.15) is 20.8 Å². The van der Waals surface area contributed by atoms with Crippen LogP contribution >= 0.6 is 0 Å². The van der Waals surface area contributed by atoms with Crippen LogP contribution < -0.4 is 0 Å². The maximum absolute atomic E-state index is 10.3. The fourth-order valence-electron chi connectivity index (χ4n) is 0.431. The van der Waals surface area contributed by atoms with Crippen molar-refractivity contribution in [3.8, 4) is 0 Å². The second-order valence-corrected chi connectivity index (χ2v) is 3.52. The summed E-state index contributed by atoms with van der Waals surface area (Å²) < 4.78 is 4.77. The van der Waals surface area contributed by atoms with Gasteiger partial charge in [-0.2, -0.15) is 0 Å². The molecule has 0 aromatic heterocycles. The number of hydrogen-bond donors (Lipinski definition) is 0. The minimum absolute atomic E-state index is 0.0856. The van der Waals surface area contributed by atoms with E-state index in [1.54, 1.807) is 0 Å². The van der Waals surface area contributed by atoms with Crippen molar-refractivity contribution in [2.75, 3.05) is 0 Å². The number of hydrogen-bond acceptors (Lipinski definition) is 2. The van der Waals surface area contributed by atoms with E-state index in [1.165, 1.54) is 0 Å². The second kappa shape index (κ2) is 2.85. The molecule has 8 heavy (non-hydrogen) atoms. The van der Waals surface area contributed by atoms with Crippen LogP contribution in [0.15, 0.2) is 0 Å². The Labute approximate surface area is 67.0 Å². The van der Waals surface area contributed by atoms with E-state index in [0.29, 0.717) is 27.9 Å². The van der Waals surface area contributed by atoms with Gasteiger partial charge in [0.25, 0.3) is 0 Å². The zero-order chi connectivity index (χ0) is 6.78. The molecule has 42 valence electrons. The van der Waals surface area contributed by atoms with Crippen molar-refractivity contribution in [1.29, 1.82) is 0 Å². The van der Waals surface area contributed by atoms with Crippen LogP contribution in [0.25, 0.3) is 0 Å². The summed E-state index contributed by atoms with van der Waals surface area (Å²) in [5, 5.41) is 0. The van der Waals surface area contributed by atoms with Crippen molar-refractivity contribution in [2.24, 2.45) is 0 Å². The Hall–Kier alpha value is 0.470.